The molecule has 13 heavy (non-hydrogen) atoms. The number of hydrogen-bond acceptors (Lipinski definition) is 4. The van der Waals surface area contributed by atoms with E-state index in [0.29, 0.717) is 11.5 Å². The number of anilines is 1. The SMILES string of the molecule is Cc1nn2c(c1N)N=NC2C.Cl.Cl. The third-order valence-electron chi connectivity index (χ3n) is 1.78. The van der Waals surface area contributed by atoms with Crippen molar-refractivity contribution in [3.63, 3.8) is 0 Å². The van der Waals surface area contributed by atoms with E-state index in [1.54, 1.807) is 4.68 Å². The molecule has 1 atom stereocenters. The Morgan fingerprint density at radius 3 is 2.54 bits per heavy atom. The third-order valence-corrected chi connectivity index (χ3v) is 1.78. The summed E-state index contributed by atoms with van der Waals surface area (Å²) in [6, 6.07) is 0. The molecule has 0 saturated heterocycles. The summed E-state index contributed by atoms with van der Waals surface area (Å²) in [6.07, 6.45) is 0.000926. The molecular formula is C6H11Cl2N5. The lowest BCUT2D eigenvalue weighted by Crippen LogP contribution is -1.98. The van der Waals surface area contributed by atoms with Crippen LogP contribution in [0.2, 0.25) is 0 Å². The minimum atomic E-state index is 0. The van der Waals surface area contributed by atoms with Gasteiger partial charge >= 0.3 is 0 Å². The Balaban J connectivity index is 0.000000720. The van der Waals surface area contributed by atoms with Crippen LogP contribution in [-0.4, -0.2) is 9.78 Å². The summed E-state index contributed by atoms with van der Waals surface area (Å²) in [5.74, 6) is 0.690. The van der Waals surface area contributed by atoms with E-state index in [1.165, 1.54) is 0 Å². The number of nitrogens with two attached hydrogens (primary N) is 1. The van der Waals surface area contributed by atoms with Crippen LogP contribution < -0.4 is 5.73 Å². The van der Waals surface area contributed by atoms with Gasteiger partial charge in [-0.2, -0.15) is 10.2 Å². The predicted molar refractivity (Wildman–Crippen MR) is 55.1 cm³/mol. The second kappa shape index (κ2) is 3.93. The van der Waals surface area contributed by atoms with Gasteiger partial charge in [0.1, 0.15) is 5.69 Å². The summed E-state index contributed by atoms with van der Waals surface area (Å²) in [7, 11) is 0. The Bertz CT molecular complexity index is 332. The first kappa shape index (κ1) is 12.2. The van der Waals surface area contributed by atoms with Crippen molar-refractivity contribution in [1.29, 1.82) is 0 Å². The Morgan fingerprint density at radius 1 is 1.38 bits per heavy atom. The molecule has 0 fully saturated rings. The molecule has 7 heteroatoms. The van der Waals surface area contributed by atoms with Gasteiger partial charge in [0.15, 0.2) is 12.0 Å². The number of hydrogen-bond donors (Lipinski definition) is 1. The Labute approximate surface area is 88.2 Å². The van der Waals surface area contributed by atoms with E-state index in [1.807, 2.05) is 13.8 Å². The molecule has 5 nitrogen and oxygen atoms in total. The van der Waals surface area contributed by atoms with E-state index in [-0.39, 0.29) is 31.0 Å². The molecule has 0 spiro atoms. The van der Waals surface area contributed by atoms with Crippen LogP contribution in [0.25, 0.3) is 0 Å². The zero-order chi connectivity index (χ0) is 8.01. The number of nitrogen functional groups attached to an aromatic ring is 1. The van der Waals surface area contributed by atoms with E-state index in [4.69, 9.17) is 5.73 Å². The maximum atomic E-state index is 5.68. The first-order valence-corrected chi connectivity index (χ1v) is 3.45. The summed E-state index contributed by atoms with van der Waals surface area (Å²) in [4.78, 5) is 0. The van der Waals surface area contributed by atoms with Gasteiger partial charge < -0.3 is 5.73 Å². The van der Waals surface area contributed by atoms with E-state index in [0.717, 1.165) is 5.69 Å². The fourth-order valence-electron chi connectivity index (χ4n) is 1.10. The van der Waals surface area contributed by atoms with Crippen molar-refractivity contribution in [3.8, 4) is 0 Å². The fourth-order valence-corrected chi connectivity index (χ4v) is 1.10. The highest BCUT2D eigenvalue weighted by Gasteiger charge is 2.20. The molecule has 0 aromatic carbocycles. The average Bonchev–Trinajstić information content (AvgIpc) is 2.43. The number of fused-ring (bicyclic) bond motifs is 1. The van der Waals surface area contributed by atoms with Crippen molar-refractivity contribution in [3.05, 3.63) is 5.69 Å². The number of nitrogens with zero attached hydrogens (tertiary/aromatic N) is 4. The van der Waals surface area contributed by atoms with Gasteiger partial charge in [-0.3, -0.25) is 0 Å². The summed E-state index contributed by atoms with van der Waals surface area (Å²) < 4.78 is 1.73. The zero-order valence-corrected chi connectivity index (χ0v) is 8.89. The highest BCUT2D eigenvalue weighted by Crippen LogP contribution is 2.34. The highest BCUT2D eigenvalue weighted by atomic mass is 35.5. The van der Waals surface area contributed by atoms with Crippen molar-refractivity contribution in [2.24, 2.45) is 10.2 Å². The predicted octanol–water partition coefficient (Wildman–Crippen LogP) is 2.23. The van der Waals surface area contributed by atoms with Crippen LogP contribution in [0.4, 0.5) is 11.5 Å². The monoisotopic (exact) mass is 223 g/mol. The molecule has 0 amide bonds. The third kappa shape index (κ3) is 1.62. The fraction of sp³-hybridized carbons (Fsp3) is 0.500. The number of aromatic nitrogens is 2. The van der Waals surface area contributed by atoms with E-state index >= 15 is 0 Å². The van der Waals surface area contributed by atoms with Gasteiger partial charge in [-0.05, 0) is 13.8 Å². The first-order chi connectivity index (χ1) is 5.20. The molecule has 0 bridgehead atoms. The molecule has 1 aromatic rings. The molecule has 0 saturated carbocycles. The molecule has 74 valence electrons. The lowest BCUT2D eigenvalue weighted by molar-refractivity contribution is 0.534. The number of halogens is 2. The van der Waals surface area contributed by atoms with E-state index in [2.05, 4.69) is 15.3 Å². The smallest absolute Gasteiger partial charge is 0.198 e. The van der Waals surface area contributed by atoms with Crippen LogP contribution >= 0.6 is 24.8 Å². The molecular weight excluding hydrogens is 213 g/mol. The number of aryl methyl sites for hydroxylation is 1. The van der Waals surface area contributed by atoms with Crippen LogP contribution in [0.15, 0.2) is 10.2 Å². The van der Waals surface area contributed by atoms with Crippen LogP contribution in [0, 0.1) is 6.92 Å². The maximum absolute atomic E-state index is 5.68. The quantitative estimate of drug-likeness (QED) is 0.734. The van der Waals surface area contributed by atoms with E-state index in [9.17, 15) is 0 Å². The molecule has 1 aliphatic heterocycles. The standard InChI is InChI=1S/C6H9N5.2ClH/c1-3-5(7)6-9-8-4(2)11(6)10-3;;/h4H,7H2,1-2H3;2*1H. The van der Waals surface area contributed by atoms with Crippen molar-refractivity contribution >= 4 is 36.3 Å². The lowest BCUT2D eigenvalue weighted by Gasteiger charge is -1.96. The molecule has 1 aromatic heterocycles. The molecule has 1 unspecified atom stereocenters. The second-order valence-electron chi connectivity index (χ2n) is 2.61. The van der Waals surface area contributed by atoms with Crippen molar-refractivity contribution in [1.82, 2.24) is 9.78 Å². The molecule has 2 N–H and O–H groups in total. The van der Waals surface area contributed by atoms with Crippen LogP contribution in [0.1, 0.15) is 18.8 Å². The molecule has 0 radical (unpaired) electrons. The molecule has 2 rings (SSSR count). The van der Waals surface area contributed by atoms with Gasteiger partial charge in [-0.15, -0.1) is 29.9 Å². The summed E-state index contributed by atoms with van der Waals surface area (Å²) in [5, 5.41) is 12.0. The van der Waals surface area contributed by atoms with E-state index < -0.39 is 0 Å². The van der Waals surface area contributed by atoms with Gasteiger partial charge in [0.2, 0.25) is 0 Å². The minimum absolute atomic E-state index is 0. The number of azo groups is 1. The average molecular weight is 224 g/mol. The lowest BCUT2D eigenvalue weighted by atomic mass is 10.4. The topological polar surface area (TPSA) is 68.6 Å². The van der Waals surface area contributed by atoms with Crippen molar-refractivity contribution in [2.75, 3.05) is 5.73 Å². The van der Waals surface area contributed by atoms with Gasteiger partial charge in [-0.1, -0.05) is 0 Å². The molecule has 0 aliphatic carbocycles. The van der Waals surface area contributed by atoms with Gasteiger partial charge in [0.05, 0.1) is 5.69 Å². The van der Waals surface area contributed by atoms with Gasteiger partial charge in [0, 0.05) is 0 Å². The molecule has 1 aliphatic rings. The Morgan fingerprint density at radius 2 is 2.00 bits per heavy atom. The first-order valence-electron chi connectivity index (χ1n) is 3.45. The van der Waals surface area contributed by atoms with Crippen LogP contribution in [0.3, 0.4) is 0 Å². The van der Waals surface area contributed by atoms with Crippen LogP contribution in [0.5, 0.6) is 0 Å². The second-order valence-corrected chi connectivity index (χ2v) is 2.61. The van der Waals surface area contributed by atoms with Crippen LogP contribution in [-0.2, 0) is 0 Å². The Kier molecular flexibility index (Phi) is 3.69. The van der Waals surface area contributed by atoms with Crippen molar-refractivity contribution in [2.45, 2.75) is 20.0 Å². The normalized spacial score (nSPS) is 17.5. The Hall–Kier alpha value is -0.810. The number of rotatable bonds is 0. The van der Waals surface area contributed by atoms with Gasteiger partial charge in [0.25, 0.3) is 0 Å². The largest absolute Gasteiger partial charge is 0.394 e. The van der Waals surface area contributed by atoms with Crippen molar-refractivity contribution < 1.29 is 0 Å². The summed E-state index contributed by atoms with van der Waals surface area (Å²) >= 11 is 0. The maximum Gasteiger partial charge on any atom is 0.198 e. The highest BCUT2D eigenvalue weighted by molar-refractivity contribution is 5.85. The zero-order valence-electron chi connectivity index (χ0n) is 7.26. The minimum Gasteiger partial charge on any atom is -0.394 e. The van der Waals surface area contributed by atoms with Gasteiger partial charge in [-0.25, -0.2) is 4.68 Å². The molecule has 2 heterocycles. The summed E-state index contributed by atoms with van der Waals surface area (Å²) in [5.41, 5.74) is 7.14. The summed E-state index contributed by atoms with van der Waals surface area (Å²) in [6.45, 7) is 3.79.